The molecule has 2 aromatic rings. The number of aryl methyl sites for hydroxylation is 1. The van der Waals surface area contributed by atoms with Gasteiger partial charge in [-0.05, 0) is 37.0 Å². The van der Waals surface area contributed by atoms with Gasteiger partial charge < -0.3 is 9.80 Å². The van der Waals surface area contributed by atoms with Gasteiger partial charge >= 0.3 is 0 Å². The molecule has 0 radical (unpaired) electrons. The first-order chi connectivity index (χ1) is 13.1. The third-order valence-electron chi connectivity index (χ3n) is 5.91. The van der Waals surface area contributed by atoms with Crippen LogP contribution in [0.25, 0.3) is 0 Å². The first-order valence-electron chi connectivity index (χ1n) is 9.65. The summed E-state index contributed by atoms with van der Waals surface area (Å²) < 4.78 is 0. The summed E-state index contributed by atoms with van der Waals surface area (Å²) in [6.07, 6.45) is 5.30. The summed E-state index contributed by atoms with van der Waals surface area (Å²) in [7, 11) is 0. The number of hydrogen-bond acceptors (Lipinski definition) is 4. The van der Waals surface area contributed by atoms with Gasteiger partial charge in [-0.15, -0.1) is 0 Å². The lowest BCUT2D eigenvalue weighted by Gasteiger charge is -2.39. The molecule has 0 N–H and O–H groups in total. The van der Waals surface area contributed by atoms with Crippen LogP contribution in [0.4, 0.5) is 5.82 Å². The monoisotopic (exact) mass is 384 g/mol. The van der Waals surface area contributed by atoms with E-state index in [9.17, 15) is 4.79 Å². The van der Waals surface area contributed by atoms with Gasteiger partial charge in [0, 0.05) is 54.8 Å². The van der Waals surface area contributed by atoms with Crippen LogP contribution in [0.1, 0.15) is 37.4 Å². The molecule has 0 atom stereocenters. The lowest BCUT2D eigenvalue weighted by Crippen LogP contribution is -2.42. The highest BCUT2D eigenvalue weighted by Crippen LogP contribution is 2.42. The van der Waals surface area contributed by atoms with Crippen molar-refractivity contribution >= 4 is 23.3 Å². The molecule has 1 amide bonds. The Hall–Kier alpha value is -2.14. The summed E-state index contributed by atoms with van der Waals surface area (Å²) in [4.78, 5) is 25.7. The van der Waals surface area contributed by atoms with Gasteiger partial charge in [-0.25, -0.2) is 9.97 Å². The molecule has 2 aliphatic rings. The van der Waals surface area contributed by atoms with Crippen molar-refractivity contribution in [1.82, 2.24) is 14.9 Å². The molecule has 1 aromatic heterocycles. The van der Waals surface area contributed by atoms with Crippen molar-refractivity contribution in [3.8, 4) is 0 Å². The second kappa shape index (κ2) is 7.47. The number of benzene rings is 1. The van der Waals surface area contributed by atoms with E-state index < -0.39 is 0 Å². The van der Waals surface area contributed by atoms with Gasteiger partial charge in [0.1, 0.15) is 12.1 Å². The van der Waals surface area contributed by atoms with Gasteiger partial charge in [-0.3, -0.25) is 4.79 Å². The van der Waals surface area contributed by atoms with Crippen LogP contribution in [0, 0.1) is 5.41 Å². The van der Waals surface area contributed by atoms with Gasteiger partial charge in [-0.1, -0.05) is 30.7 Å². The lowest BCUT2D eigenvalue weighted by atomic mass is 9.77. The molecule has 2 fully saturated rings. The molecule has 2 saturated heterocycles. The Balaban J connectivity index is 1.39. The molecule has 0 aliphatic carbocycles. The number of rotatable bonds is 4. The molecule has 0 saturated carbocycles. The van der Waals surface area contributed by atoms with Crippen LogP contribution in [-0.2, 0) is 17.8 Å². The molecule has 142 valence electrons. The molecule has 5 nitrogen and oxygen atoms in total. The Morgan fingerprint density at radius 3 is 2.59 bits per heavy atom. The van der Waals surface area contributed by atoms with Crippen LogP contribution < -0.4 is 4.90 Å². The molecular formula is C21H25ClN4O. The summed E-state index contributed by atoms with van der Waals surface area (Å²) in [5.41, 5.74) is 2.32. The smallest absolute Gasteiger partial charge is 0.223 e. The van der Waals surface area contributed by atoms with Gasteiger partial charge in [-0.2, -0.15) is 0 Å². The Morgan fingerprint density at radius 1 is 1.15 bits per heavy atom. The van der Waals surface area contributed by atoms with Crippen LogP contribution >= 0.6 is 11.6 Å². The van der Waals surface area contributed by atoms with Crippen LogP contribution in [0.2, 0.25) is 5.02 Å². The molecule has 4 rings (SSSR count). The fourth-order valence-electron chi connectivity index (χ4n) is 4.23. The van der Waals surface area contributed by atoms with E-state index >= 15 is 0 Å². The van der Waals surface area contributed by atoms with E-state index in [0.717, 1.165) is 61.0 Å². The van der Waals surface area contributed by atoms with E-state index in [-0.39, 0.29) is 11.3 Å². The largest absolute Gasteiger partial charge is 0.356 e. The summed E-state index contributed by atoms with van der Waals surface area (Å²) in [5.74, 6) is 1.28. The summed E-state index contributed by atoms with van der Waals surface area (Å²) >= 11 is 5.96. The Bertz CT molecular complexity index is 815. The van der Waals surface area contributed by atoms with Gasteiger partial charge in [0.15, 0.2) is 0 Å². The number of carbonyl (C=O) groups is 1. The minimum Gasteiger partial charge on any atom is -0.356 e. The molecular weight excluding hydrogens is 360 g/mol. The van der Waals surface area contributed by atoms with E-state index in [4.69, 9.17) is 11.6 Å². The van der Waals surface area contributed by atoms with E-state index in [0.29, 0.717) is 13.0 Å². The van der Waals surface area contributed by atoms with Crippen molar-refractivity contribution in [3.05, 3.63) is 52.9 Å². The number of aromatic nitrogens is 2. The molecule has 6 heteroatoms. The van der Waals surface area contributed by atoms with Crippen LogP contribution in [0.15, 0.2) is 36.7 Å². The van der Waals surface area contributed by atoms with E-state index in [1.807, 2.05) is 29.2 Å². The lowest BCUT2D eigenvalue weighted by molar-refractivity contribution is -0.128. The number of nitrogens with zero attached hydrogens (tertiary/aromatic N) is 4. The number of likely N-dealkylation sites (tertiary alicyclic amines) is 1. The molecule has 3 heterocycles. The molecule has 0 bridgehead atoms. The Labute approximate surface area is 165 Å². The van der Waals surface area contributed by atoms with Gasteiger partial charge in [0.2, 0.25) is 5.91 Å². The highest BCUT2D eigenvalue weighted by molar-refractivity contribution is 6.30. The van der Waals surface area contributed by atoms with Crippen molar-refractivity contribution in [1.29, 1.82) is 0 Å². The number of hydrogen-bond donors (Lipinski definition) is 0. The Kier molecular flexibility index (Phi) is 5.04. The molecule has 1 aromatic carbocycles. The minimum absolute atomic E-state index is 0.112. The van der Waals surface area contributed by atoms with Crippen molar-refractivity contribution in [2.45, 2.75) is 39.2 Å². The van der Waals surface area contributed by atoms with E-state index in [1.54, 1.807) is 6.33 Å². The fraction of sp³-hybridized carbons (Fsp3) is 0.476. The number of anilines is 1. The number of carbonyl (C=O) groups excluding carboxylic acids is 1. The zero-order valence-corrected chi connectivity index (χ0v) is 16.5. The predicted molar refractivity (Wildman–Crippen MR) is 107 cm³/mol. The zero-order valence-electron chi connectivity index (χ0n) is 15.7. The van der Waals surface area contributed by atoms with E-state index in [1.165, 1.54) is 0 Å². The third-order valence-corrected chi connectivity index (χ3v) is 6.16. The number of halogens is 1. The summed E-state index contributed by atoms with van der Waals surface area (Å²) in [6.45, 7) is 5.53. The second-order valence-electron chi connectivity index (χ2n) is 7.76. The maximum atomic E-state index is 12.6. The quantitative estimate of drug-likeness (QED) is 0.806. The van der Waals surface area contributed by atoms with Crippen LogP contribution in [0.5, 0.6) is 0 Å². The van der Waals surface area contributed by atoms with Crippen molar-refractivity contribution in [2.24, 2.45) is 5.41 Å². The van der Waals surface area contributed by atoms with Crippen molar-refractivity contribution in [3.63, 3.8) is 0 Å². The maximum Gasteiger partial charge on any atom is 0.223 e. The first kappa shape index (κ1) is 18.2. The topological polar surface area (TPSA) is 49.3 Å². The molecule has 0 unspecified atom stereocenters. The fourth-order valence-corrected chi connectivity index (χ4v) is 4.36. The minimum atomic E-state index is 0.112. The molecule has 27 heavy (non-hydrogen) atoms. The van der Waals surface area contributed by atoms with Crippen LogP contribution in [0.3, 0.4) is 0 Å². The number of amides is 1. The standard InChI is InChI=1S/C21H25ClN4O/c1-2-18-11-19(24-15-23-18)25-9-7-21(8-10-25)12-20(27)26(14-21)13-16-3-5-17(22)6-4-16/h3-6,11,15H,2,7-10,12-14H2,1H3. The summed E-state index contributed by atoms with van der Waals surface area (Å²) in [5, 5.41) is 0.728. The number of piperidine rings is 1. The highest BCUT2D eigenvalue weighted by Gasteiger charge is 2.44. The first-order valence-corrected chi connectivity index (χ1v) is 10.0. The van der Waals surface area contributed by atoms with Gasteiger partial charge in [0.05, 0.1) is 0 Å². The zero-order chi connectivity index (χ0) is 18.9. The molecule has 2 aliphatic heterocycles. The average Bonchev–Trinajstić information content (AvgIpc) is 2.99. The SMILES string of the molecule is CCc1cc(N2CCC3(CC2)CC(=O)N(Cc2ccc(Cl)cc2)C3)ncn1. The van der Waals surface area contributed by atoms with Crippen molar-refractivity contribution in [2.75, 3.05) is 24.5 Å². The Morgan fingerprint density at radius 2 is 1.89 bits per heavy atom. The average molecular weight is 385 g/mol. The maximum absolute atomic E-state index is 12.6. The second-order valence-corrected chi connectivity index (χ2v) is 8.20. The van der Waals surface area contributed by atoms with E-state index in [2.05, 4.69) is 27.9 Å². The van der Waals surface area contributed by atoms with Gasteiger partial charge in [0.25, 0.3) is 0 Å². The molecule has 1 spiro atoms. The predicted octanol–water partition coefficient (Wildman–Crippen LogP) is 3.71. The third kappa shape index (κ3) is 3.93. The normalized spacial score (nSPS) is 19.1. The highest BCUT2D eigenvalue weighted by atomic mass is 35.5. The van der Waals surface area contributed by atoms with Crippen molar-refractivity contribution < 1.29 is 4.79 Å². The van der Waals surface area contributed by atoms with Crippen LogP contribution in [-0.4, -0.2) is 40.4 Å². The summed E-state index contributed by atoms with van der Waals surface area (Å²) in [6, 6.07) is 9.87.